The van der Waals surface area contributed by atoms with Gasteiger partial charge in [-0.15, -0.1) is 0 Å². The van der Waals surface area contributed by atoms with Gasteiger partial charge in [-0.25, -0.2) is 0 Å². The van der Waals surface area contributed by atoms with Crippen molar-refractivity contribution in [1.29, 1.82) is 0 Å². The molecular weight excluding hydrogens is 222 g/mol. The van der Waals surface area contributed by atoms with Crippen molar-refractivity contribution in [2.75, 3.05) is 30.0 Å². The number of amides is 1. The smallest absolute Gasteiger partial charge is 0.244 e. The number of carbonyl (C=O) groups excluding carboxylic acids is 1. The van der Waals surface area contributed by atoms with Crippen molar-refractivity contribution in [2.45, 2.75) is 6.04 Å². The van der Waals surface area contributed by atoms with E-state index in [0.29, 0.717) is 0 Å². The summed E-state index contributed by atoms with van der Waals surface area (Å²) in [6, 6.07) is 3.62. The molecule has 1 fully saturated rings. The number of hydrogen-bond donors (Lipinski definition) is 1. The summed E-state index contributed by atoms with van der Waals surface area (Å²) in [6.07, 6.45) is 3.39. The predicted octanol–water partition coefficient (Wildman–Crippen LogP) is 0.749. The topological polar surface area (TPSA) is 45.2 Å². The Balaban J connectivity index is 2.04. The van der Waals surface area contributed by atoms with Gasteiger partial charge in [-0.2, -0.15) is 11.8 Å². The summed E-state index contributed by atoms with van der Waals surface area (Å²) in [7, 11) is 1.80. The summed E-state index contributed by atoms with van der Waals surface area (Å²) in [5.41, 5.74) is 0.886. The summed E-state index contributed by atoms with van der Waals surface area (Å²) < 4.78 is 0. The van der Waals surface area contributed by atoms with Crippen LogP contribution in [0.25, 0.3) is 0 Å². The molecule has 1 aromatic rings. The number of thioether (sulfide) groups is 1. The molecule has 0 saturated carbocycles. The molecule has 1 aliphatic heterocycles. The third kappa shape index (κ3) is 2.54. The number of rotatable bonds is 2. The van der Waals surface area contributed by atoms with Crippen molar-refractivity contribution in [3.05, 3.63) is 24.5 Å². The number of carbonyl (C=O) groups is 1. The largest absolute Gasteiger partial charge is 0.314 e. The van der Waals surface area contributed by atoms with Crippen LogP contribution in [0.4, 0.5) is 5.69 Å². The van der Waals surface area contributed by atoms with Crippen LogP contribution < -0.4 is 10.2 Å². The van der Waals surface area contributed by atoms with Crippen molar-refractivity contribution in [2.24, 2.45) is 0 Å². The van der Waals surface area contributed by atoms with E-state index in [1.54, 1.807) is 24.3 Å². The van der Waals surface area contributed by atoms with Crippen LogP contribution in [-0.4, -0.2) is 42.0 Å². The van der Waals surface area contributed by atoms with Crippen LogP contribution in [0.15, 0.2) is 24.5 Å². The Morgan fingerprint density at radius 1 is 1.56 bits per heavy atom. The van der Waals surface area contributed by atoms with E-state index in [-0.39, 0.29) is 11.9 Å². The Labute approximate surface area is 99.4 Å². The second-order valence-electron chi connectivity index (χ2n) is 3.68. The highest BCUT2D eigenvalue weighted by molar-refractivity contribution is 7.99. The normalized spacial score (nSPS) is 20.4. The molecule has 1 aliphatic rings. The maximum absolute atomic E-state index is 12.1. The second-order valence-corrected chi connectivity index (χ2v) is 4.83. The number of pyridine rings is 1. The second kappa shape index (κ2) is 5.32. The minimum atomic E-state index is -0.0584. The number of nitrogens with zero attached hydrogens (tertiary/aromatic N) is 2. The molecule has 0 aliphatic carbocycles. The van der Waals surface area contributed by atoms with Crippen molar-refractivity contribution >= 4 is 23.4 Å². The third-order valence-corrected chi connectivity index (χ3v) is 3.66. The molecule has 1 unspecified atom stereocenters. The van der Waals surface area contributed by atoms with Crippen LogP contribution >= 0.6 is 11.8 Å². The zero-order valence-electron chi connectivity index (χ0n) is 9.22. The lowest BCUT2D eigenvalue weighted by molar-refractivity contribution is -0.119. The van der Waals surface area contributed by atoms with Gasteiger partial charge in [0.25, 0.3) is 0 Å². The van der Waals surface area contributed by atoms with Gasteiger partial charge in [-0.3, -0.25) is 9.78 Å². The first kappa shape index (κ1) is 11.4. The van der Waals surface area contributed by atoms with E-state index in [1.165, 1.54) is 0 Å². The van der Waals surface area contributed by atoms with Crippen molar-refractivity contribution < 1.29 is 4.79 Å². The maximum Gasteiger partial charge on any atom is 0.244 e. The zero-order chi connectivity index (χ0) is 11.4. The molecule has 1 amide bonds. The molecule has 86 valence electrons. The summed E-state index contributed by atoms with van der Waals surface area (Å²) in [6.45, 7) is 0.908. The molecule has 0 spiro atoms. The number of anilines is 1. The first-order valence-corrected chi connectivity index (χ1v) is 6.43. The van der Waals surface area contributed by atoms with Crippen LogP contribution in [0.2, 0.25) is 0 Å². The average Bonchev–Trinajstić information content (AvgIpc) is 2.39. The fraction of sp³-hybridized carbons (Fsp3) is 0.455. The van der Waals surface area contributed by atoms with E-state index < -0.39 is 0 Å². The maximum atomic E-state index is 12.1. The van der Waals surface area contributed by atoms with Gasteiger partial charge in [-0.1, -0.05) is 0 Å². The van der Waals surface area contributed by atoms with Crippen LogP contribution in [0.3, 0.4) is 0 Å². The fourth-order valence-corrected chi connectivity index (χ4v) is 2.58. The van der Waals surface area contributed by atoms with Gasteiger partial charge in [0.05, 0.1) is 6.04 Å². The SMILES string of the molecule is CN(C(=O)C1CSCCN1)c1ccncc1. The molecule has 2 rings (SSSR count). The molecule has 4 nitrogen and oxygen atoms in total. The molecule has 0 bridgehead atoms. The lowest BCUT2D eigenvalue weighted by Crippen LogP contribution is -2.49. The van der Waals surface area contributed by atoms with Gasteiger partial charge in [0.1, 0.15) is 0 Å². The van der Waals surface area contributed by atoms with E-state index >= 15 is 0 Å². The first-order chi connectivity index (χ1) is 7.79. The molecule has 0 aromatic carbocycles. The standard InChI is InChI=1S/C11H15N3OS/c1-14(9-2-4-12-5-3-9)11(15)10-8-16-7-6-13-10/h2-5,10,13H,6-8H2,1H3. The number of nitrogens with one attached hydrogen (secondary N) is 1. The Morgan fingerprint density at radius 2 is 2.31 bits per heavy atom. The third-order valence-electron chi connectivity index (χ3n) is 2.60. The van der Waals surface area contributed by atoms with E-state index in [2.05, 4.69) is 10.3 Å². The Kier molecular flexibility index (Phi) is 3.79. The van der Waals surface area contributed by atoms with Crippen molar-refractivity contribution in [1.82, 2.24) is 10.3 Å². The highest BCUT2D eigenvalue weighted by atomic mass is 32.2. The molecule has 1 saturated heterocycles. The Bertz CT molecular complexity index is 352. The molecule has 1 atom stereocenters. The van der Waals surface area contributed by atoms with Crippen LogP contribution in [0.1, 0.15) is 0 Å². The quantitative estimate of drug-likeness (QED) is 0.824. The number of likely N-dealkylation sites (N-methyl/N-ethyl adjacent to an activating group) is 1. The summed E-state index contributed by atoms with van der Waals surface area (Å²) >= 11 is 1.82. The molecule has 1 aromatic heterocycles. The number of aromatic nitrogens is 1. The van der Waals surface area contributed by atoms with E-state index in [4.69, 9.17) is 0 Å². The summed E-state index contributed by atoms with van der Waals surface area (Å²) in [5.74, 6) is 2.06. The van der Waals surface area contributed by atoms with Crippen LogP contribution in [-0.2, 0) is 4.79 Å². The molecule has 2 heterocycles. The lowest BCUT2D eigenvalue weighted by Gasteiger charge is -2.27. The van der Waals surface area contributed by atoms with Gasteiger partial charge >= 0.3 is 0 Å². The zero-order valence-corrected chi connectivity index (χ0v) is 10.0. The highest BCUT2D eigenvalue weighted by Gasteiger charge is 2.24. The van der Waals surface area contributed by atoms with E-state index in [9.17, 15) is 4.79 Å². The summed E-state index contributed by atoms with van der Waals surface area (Å²) in [4.78, 5) is 17.8. The molecule has 5 heteroatoms. The average molecular weight is 237 g/mol. The molecule has 1 N–H and O–H groups in total. The van der Waals surface area contributed by atoms with Crippen molar-refractivity contribution in [3.8, 4) is 0 Å². The Hall–Kier alpha value is -1.07. The lowest BCUT2D eigenvalue weighted by atomic mass is 10.2. The first-order valence-electron chi connectivity index (χ1n) is 5.28. The van der Waals surface area contributed by atoms with Gasteiger partial charge in [0, 0.05) is 43.2 Å². The monoisotopic (exact) mass is 237 g/mol. The van der Waals surface area contributed by atoms with Gasteiger partial charge in [0.15, 0.2) is 0 Å². The van der Waals surface area contributed by atoms with Gasteiger partial charge < -0.3 is 10.2 Å². The molecule has 16 heavy (non-hydrogen) atoms. The van der Waals surface area contributed by atoms with E-state index in [1.807, 2.05) is 23.9 Å². The van der Waals surface area contributed by atoms with Gasteiger partial charge in [0.2, 0.25) is 5.91 Å². The van der Waals surface area contributed by atoms with Crippen molar-refractivity contribution in [3.63, 3.8) is 0 Å². The van der Waals surface area contributed by atoms with Crippen LogP contribution in [0, 0.1) is 0 Å². The number of hydrogen-bond acceptors (Lipinski definition) is 4. The fourth-order valence-electron chi connectivity index (χ4n) is 1.65. The highest BCUT2D eigenvalue weighted by Crippen LogP contribution is 2.14. The molecule has 0 radical (unpaired) electrons. The predicted molar refractivity (Wildman–Crippen MR) is 66.8 cm³/mol. The van der Waals surface area contributed by atoms with E-state index in [0.717, 1.165) is 23.7 Å². The molecular formula is C11H15N3OS. The minimum absolute atomic E-state index is 0.0584. The van der Waals surface area contributed by atoms with Crippen LogP contribution in [0.5, 0.6) is 0 Å². The summed E-state index contributed by atoms with van der Waals surface area (Å²) in [5, 5.41) is 3.24. The Morgan fingerprint density at radius 3 is 2.94 bits per heavy atom. The van der Waals surface area contributed by atoms with Gasteiger partial charge in [-0.05, 0) is 12.1 Å². The minimum Gasteiger partial charge on any atom is -0.314 e.